The summed E-state index contributed by atoms with van der Waals surface area (Å²) in [4.78, 5) is 4.20. The molecule has 0 aliphatic heterocycles. The van der Waals surface area contributed by atoms with Crippen LogP contribution in [0.5, 0.6) is 0 Å². The summed E-state index contributed by atoms with van der Waals surface area (Å²) in [6.45, 7) is 0. The molecule has 0 radical (unpaired) electrons. The van der Waals surface area contributed by atoms with Gasteiger partial charge in [-0.3, -0.25) is 4.57 Å². The largest absolute Gasteiger partial charge is 0.323 e. The minimum Gasteiger partial charge on any atom is -0.323 e. The average Bonchev–Trinajstić information content (AvgIpc) is 2.92. The standard InChI is InChI=1S/C15H11ClFN3/c16-11-6-7-13(17)14(10-11)19-15-18-8-9-20(15)12-4-2-1-3-5-12/h1-10H,(H,18,19). The number of hydrogen-bond acceptors (Lipinski definition) is 2. The number of imidazole rings is 1. The van der Waals surface area contributed by atoms with Crippen molar-refractivity contribution in [2.75, 3.05) is 5.32 Å². The Morgan fingerprint density at radius 2 is 1.90 bits per heavy atom. The molecule has 2 aromatic carbocycles. The minimum atomic E-state index is -0.378. The number of anilines is 2. The molecule has 0 spiro atoms. The molecule has 0 saturated carbocycles. The molecule has 1 aromatic heterocycles. The van der Waals surface area contributed by atoms with Crippen molar-refractivity contribution in [1.29, 1.82) is 0 Å². The summed E-state index contributed by atoms with van der Waals surface area (Å²) in [7, 11) is 0. The highest BCUT2D eigenvalue weighted by atomic mass is 35.5. The zero-order chi connectivity index (χ0) is 13.9. The topological polar surface area (TPSA) is 29.9 Å². The van der Waals surface area contributed by atoms with Gasteiger partial charge in [-0.2, -0.15) is 0 Å². The summed E-state index contributed by atoms with van der Waals surface area (Å²) in [6, 6.07) is 14.0. The molecule has 100 valence electrons. The number of rotatable bonds is 3. The van der Waals surface area contributed by atoms with Crippen molar-refractivity contribution >= 4 is 23.2 Å². The van der Waals surface area contributed by atoms with Crippen LogP contribution in [0.1, 0.15) is 0 Å². The van der Waals surface area contributed by atoms with Crippen LogP contribution in [-0.4, -0.2) is 9.55 Å². The number of benzene rings is 2. The summed E-state index contributed by atoms with van der Waals surface area (Å²) in [5, 5.41) is 3.42. The third-order valence-electron chi connectivity index (χ3n) is 2.85. The van der Waals surface area contributed by atoms with Crippen LogP contribution in [0.3, 0.4) is 0 Å². The minimum absolute atomic E-state index is 0.292. The molecular formula is C15H11ClFN3. The van der Waals surface area contributed by atoms with Crippen molar-refractivity contribution < 1.29 is 4.39 Å². The van der Waals surface area contributed by atoms with E-state index in [1.807, 2.05) is 34.9 Å². The van der Waals surface area contributed by atoms with Gasteiger partial charge in [0.2, 0.25) is 5.95 Å². The molecule has 0 bridgehead atoms. The van der Waals surface area contributed by atoms with Crippen molar-refractivity contribution in [3.05, 3.63) is 71.8 Å². The van der Waals surface area contributed by atoms with Gasteiger partial charge < -0.3 is 5.32 Å². The summed E-state index contributed by atoms with van der Waals surface area (Å²) in [6.07, 6.45) is 3.46. The first-order valence-electron chi connectivity index (χ1n) is 6.05. The molecule has 5 heteroatoms. The summed E-state index contributed by atoms with van der Waals surface area (Å²) in [5.41, 5.74) is 1.23. The number of nitrogens with one attached hydrogen (secondary N) is 1. The Kier molecular flexibility index (Phi) is 3.39. The molecule has 0 saturated heterocycles. The monoisotopic (exact) mass is 287 g/mol. The van der Waals surface area contributed by atoms with Crippen LogP contribution in [-0.2, 0) is 0 Å². The van der Waals surface area contributed by atoms with Crippen molar-refractivity contribution in [3.63, 3.8) is 0 Å². The van der Waals surface area contributed by atoms with Crippen LogP contribution in [0, 0.1) is 5.82 Å². The van der Waals surface area contributed by atoms with Crippen molar-refractivity contribution in [1.82, 2.24) is 9.55 Å². The van der Waals surface area contributed by atoms with E-state index < -0.39 is 0 Å². The number of para-hydroxylation sites is 1. The Balaban J connectivity index is 1.97. The van der Waals surface area contributed by atoms with Crippen molar-refractivity contribution in [2.24, 2.45) is 0 Å². The molecule has 0 unspecified atom stereocenters. The number of halogens is 2. The summed E-state index contributed by atoms with van der Waals surface area (Å²) in [5.74, 6) is 0.148. The normalized spacial score (nSPS) is 10.5. The van der Waals surface area contributed by atoms with Crippen LogP contribution >= 0.6 is 11.6 Å². The summed E-state index contributed by atoms with van der Waals surface area (Å²) < 4.78 is 15.6. The van der Waals surface area contributed by atoms with Gasteiger partial charge in [0.15, 0.2) is 0 Å². The van der Waals surface area contributed by atoms with Crippen LogP contribution in [0.25, 0.3) is 5.69 Å². The lowest BCUT2D eigenvalue weighted by Crippen LogP contribution is -2.02. The average molecular weight is 288 g/mol. The van der Waals surface area contributed by atoms with Gasteiger partial charge in [0, 0.05) is 23.1 Å². The van der Waals surface area contributed by atoms with E-state index in [4.69, 9.17) is 11.6 Å². The van der Waals surface area contributed by atoms with E-state index in [2.05, 4.69) is 10.3 Å². The van der Waals surface area contributed by atoms with E-state index in [-0.39, 0.29) is 5.82 Å². The maximum Gasteiger partial charge on any atom is 0.212 e. The second kappa shape index (κ2) is 5.35. The Morgan fingerprint density at radius 3 is 2.70 bits per heavy atom. The van der Waals surface area contributed by atoms with Gasteiger partial charge in [-0.25, -0.2) is 9.37 Å². The first-order chi connectivity index (χ1) is 9.74. The molecule has 3 aromatic rings. The van der Waals surface area contributed by atoms with Gasteiger partial charge in [0.05, 0.1) is 5.69 Å². The van der Waals surface area contributed by atoms with Gasteiger partial charge in [0.1, 0.15) is 5.82 Å². The summed E-state index contributed by atoms with van der Waals surface area (Å²) >= 11 is 5.88. The lowest BCUT2D eigenvalue weighted by Gasteiger charge is -2.10. The Bertz CT molecular complexity index is 725. The first kappa shape index (κ1) is 12.7. The maximum absolute atomic E-state index is 13.7. The Hall–Kier alpha value is -2.33. The highest BCUT2D eigenvalue weighted by molar-refractivity contribution is 6.30. The maximum atomic E-state index is 13.7. The van der Waals surface area contributed by atoms with E-state index in [0.717, 1.165) is 5.69 Å². The van der Waals surface area contributed by atoms with E-state index in [0.29, 0.717) is 16.7 Å². The van der Waals surface area contributed by atoms with E-state index in [9.17, 15) is 4.39 Å². The molecule has 0 aliphatic rings. The number of aromatic nitrogens is 2. The van der Waals surface area contributed by atoms with E-state index in [1.165, 1.54) is 18.2 Å². The van der Waals surface area contributed by atoms with E-state index in [1.54, 1.807) is 12.4 Å². The predicted octanol–water partition coefficient (Wildman–Crippen LogP) is 4.41. The third kappa shape index (κ3) is 2.51. The van der Waals surface area contributed by atoms with Crippen molar-refractivity contribution in [3.8, 4) is 5.69 Å². The SMILES string of the molecule is Fc1ccc(Cl)cc1Nc1nccn1-c1ccccc1. The highest BCUT2D eigenvalue weighted by Crippen LogP contribution is 2.24. The molecular weight excluding hydrogens is 277 g/mol. The fourth-order valence-corrected chi connectivity index (χ4v) is 2.08. The van der Waals surface area contributed by atoms with Gasteiger partial charge in [-0.15, -0.1) is 0 Å². The zero-order valence-electron chi connectivity index (χ0n) is 10.4. The van der Waals surface area contributed by atoms with Crippen LogP contribution < -0.4 is 5.32 Å². The Morgan fingerprint density at radius 1 is 1.10 bits per heavy atom. The molecule has 1 N–H and O–H groups in total. The van der Waals surface area contributed by atoms with Crippen LogP contribution in [0.2, 0.25) is 5.02 Å². The molecule has 1 heterocycles. The molecule has 3 rings (SSSR count). The predicted molar refractivity (Wildman–Crippen MR) is 78.3 cm³/mol. The number of nitrogens with zero attached hydrogens (tertiary/aromatic N) is 2. The highest BCUT2D eigenvalue weighted by Gasteiger charge is 2.08. The van der Waals surface area contributed by atoms with Gasteiger partial charge in [-0.1, -0.05) is 29.8 Å². The fourth-order valence-electron chi connectivity index (χ4n) is 1.91. The van der Waals surface area contributed by atoms with Gasteiger partial charge >= 0.3 is 0 Å². The fraction of sp³-hybridized carbons (Fsp3) is 0. The second-order valence-corrected chi connectivity index (χ2v) is 4.64. The first-order valence-corrected chi connectivity index (χ1v) is 6.43. The molecule has 0 aliphatic carbocycles. The van der Waals surface area contributed by atoms with Crippen LogP contribution in [0.4, 0.5) is 16.0 Å². The zero-order valence-corrected chi connectivity index (χ0v) is 11.2. The lowest BCUT2D eigenvalue weighted by molar-refractivity contribution is 0.631. The molecule has 3 nitrogen and oxygen atoms in total. The lowest BCUT2D eigenvalue weighted by atomic mass is 10.3. The second-order valence-electron chi connectivity index (χ2n) is 4.21. The van der Waals surface area contributed by atoms with Crippen molar-refractivity contribution in [2.45, 2.75) is 0 Å². The molecule has 20 heavy (non-hydrogen) atoms. The molecule has 0 atom stereocenters. The van der Waals surface area contributed by atoms with Crippen LogP contribution in [0.15, 0.2) is 60.9 Å². The molecule has 0 amide bonds. The Labute approximate surface area is 120 Å². The van der Waals surface area contributed by atoms with Gasteiger partial charge in [-0.05, 0) is 30.3 Å². The quantitative estimate of drug-likeness (QED) is 0.773. The third-order valence-corrected chi connectivity index (χ3v) is 3.09. The van der Waals surface area contributed by atoms with E-state index >= 15 is 0 Å². The smallest absolute Gasteiger partial charge is 0.212 e. The molecule has 0 fully saturated rings. The number of hydrogen-bond donors (Lipinski definition) is 1. The van der Waals surface area contributed by atoms with Gasteiger partial charge in [0.25, 0.3) is 0 Å².